The van der Waals surface area contributed by atoms with Gasteiger partial charge in [-0.3, -0.25) is 9.79 Å². The molecule has 150 valence electrons. The molecule has 7 heteroatoms. The maximum absolute atomic E-state index is 13.1. The van der Waals surface area contributed by atoms with Crippen LogP contribution in [0.3, 0.4) is 0 Å². The van der Waals surface area contributed by atoms with Crippen LogP contribution in [0.2, 0.25) is 0 Å². The van der Waals surface area contributed by atoms with E-state index in [0.717, 1.165) is 18.5 Å². The Morgan fingerprint density at radius 3 is 2.71 bits per heavy atom. The lowest BCUT2D eigenvalue weighted by Crippen LogP contribution is -2.39. The first-order valence-corrected chi connectivity index (χ1v) is 9.34. The summed E-state index contributed by atoms with van der Waals surface area (Å²) < 4.78 is 18.6. The Bertz CT molecular complexity index is 795. The van der Waals surface area contributed by atoms with Crippen LogP contribution in [0.15, 0.2) is 53.5 Å². The standard InChI is InChI=1S/C21H27FN4O2/c1-3-24-21(26-12-13-28-19-9-5-8-18(22)15-19)25-11-10-16-6-4-7-17(14-16)20(27)23-2/h4-9,14-15H,3,10-13H2,1-2H3,(H,23,27)(H2,24,25,26). The van der Waals surface area contributed by atoms with Gasteiger partial charge in [-0.15, -0.1) is 0 Å². The summed E-state index contributed by atoms with van der Waals surface area (Å²) in [5, 5.41) is 8.99. The second-order valence-electron chi connectivity index (χ2n) is 6.02. The van der Waals surface area contributed by atoms with E-state index in [-0.39, 0.29) is 11.7 Å². The van der Waals surface area contributed by atoms with Gasteiger partial charge in [0.15, 0.2) is 5.96 Å². The number of benzene rings is 2. The van der Waals surface area contributed by atoms with Gasteiger partial charge in [-0.05, 0) is 43.2 Å². The summed E-state index contributed by atoms with van der Waals surface area (Å²) in [6.07, 6.45) is 0.723. The minimum absolute atomic E-state index is 0.0985. The third-order valence-electron chi connectivity index (χ3n) is 3.89. The Morgan fingerprint density at radius 2 is 1.96 bits per heavy atom. The van der Waals surface area contributed by atoms with E-state index in [2.05, 4.69) is 20.9 Å². The van der Waals surface area contributed by atoms with E-state index in [9.17, 15) is 9.18 Å². The van der Waals surface area contributed by atoms with Gasteiger partial charge in [-0.2, -0.15) is 0 Å². The van der Waals surface area contributed by atoms with Crippen LogP contribution >= 0.6 is 0 Å². The highest BCUT2D eigenvalue weighted by Gasteiger charge is 2.04. The molecule has 0 bridgehead atoms. The molecule has 0 aromatic heterocycles. The summed E-state index contributed by atoms with van der Waals surface area (Å²) in [6, 6.07) is 13.6. The van der Waals surface area contributed by atoms with Gasteiger partial charge in [-0.25, -0.2) is 4.39 Å². The molecule has 28 heavy (non-hydrogen) atoms. The normalized spacial score (nSPS) is 11.0. The minimum atomic E-state index is -0.319. The topological polar surface area (TPSA) is 74.8 Å². The van der Waals surface area contributed by atoms with Crippen molar-refractivity contribution in [3.8, 4) is 5.75 Å². The Hall–Kier alpha value is -3.09. The van der Waals surface area contributed by atoms with Crippen LogP contribution in [-0.4, -0.2) is 45.2 Å². The molecule has 0 atom stereocenters. The predicted molar refractivity (Wildman–Crippen MR) is 109 cm³/mol. The van der Waals surface area contributed by atoms with E-state index >= 15 is 0 Å². The lowest BCUT2D eigenvalue weighted by Gasteiger charge is -2.12. The fourth-order valence-electron chi connectivity index (χ4n) is 2.55. The van der Waals surface area contributed by atoms with Crippen molar-refractivity contribution in [3.05, 3.63) is 65.5 Å². The van der Waals surface area contributed by atoms with Gasteiger partial charge in [0, 0.05) is 31.8 Å². The number of carbonyl (C=O) groups excluding carboxylic acids is 1. The quantitative estimate of drug-likeness (QED) is 0.351. The molecule has 2 aromatic rings. The third kappa shape index (κ3) is 7.26. The molecule has 2 aromatic carbocycles. The van der Waals surface area contributed by atoms with Gasteiger partial charge in [0.1, 0.15) is 18.2 Å². The molecule has 6 nitrogen and oxygen atoms in total. The van der Waals surface area contributed by atoms with E-state index in [1.165, 1.54) is 12.1 Å². The molecule has 0 heterocycles. The molecule has 0 spiro atoms. The lowest BCUT2D eigenvalue weighted by molar-refractivity contribution is 0.0963. The Balaban J connectivity index is 1.80. The summed E-state index contributed by atoms with van der Waals surface area (Å²) in [7, 11) is 1.62. The zero-order valence-corrected chi connectivity index (χ0v) is 16.3. The van der Waals surface area contributed by atoms with Crippen LogP contribution in [0, 0.1) is 5.82 Å². The highest BCUT2D eigenvalue weighted by Crippen LogP contribution is 2.11. The number of halogens is 1. The maximum atomic E-state index is 13.1. The number of amides is 1. The Labute approximate surface area is 165 Å². The number of carbonyl (C=O) groups is 1. The number of hydrogen-bond acceptors (Lipinski definition) is 3. The third-order valence-corrected chi connectivity index (χ3v) is 3.89. The second kappa shape index (κ2) is 11.6. The number of nitrogens with zero attached hydrogens (tertiary/aromatic N) is 1. The fraction of sp³-hybridized carbons (Fsp3) is 0.333. The van der Waals surface area contributed by atoms with Gasteiger partial charge in [0.05, 0.1) is 6.54 Å². The highest BCUT2D eigenvalue weighted by atomic mass is 19.1. The predicted octanol–water partition coefficient (Wildman–Crippen LogP) is 2.36. The average Bonchev–Trinajstić information content (AvgIpc) is 2.71. The number of hydrogen-bond donors (Lipinski definition) is 3. The zero-order valence-electron chi connectivity index (χ0n) is 16.3. The smallest absolute Gasteiger partial charge is 0.251 e. The number of rotatable bonds is 9. The van der Waals surface area contributed by atoms with Crippen molar-refractivity contribution >= 4 is 11.9 Å². The first kappa shape index (κ1) is 21.2. The molecule has 0 aliphatic rings. The van der Waals surface area contributed by atoms with Crippen LogP contribution in [0.1, 0.15) is 22.8 Å². The second-order valence-corrected chi connectivity index (χ2v) is 6.02. The molecule has 0 aliphatic heterocycles. The molecule has 1 amide bonds. The van der Waals surface area contributed by atoms with E-state index < -0.39 is 0 Å². The molecule has 0 unspecified atom stereocenters. The molecular formula is C21H27FN4O2. The molecule has 0 fully saturated rings. The molecular weight excluding hydrogens is 359 g/mol. The first-order chi connectivity index (χ1) is 13.6. The summed E-state index contributed by atoms with van der Waals surface area (Å²) in [5.41, 5.74) is 1.69. The van der Waals surface area contributed by atoms with Crippen LogP contribution in [0.25, 0.3) is 0 Å². The number of ether oxygens (including phenoxy) is 1. The maximum Gasteiger partial charge on any atom is 0.251 e. The molecule has 0 saturated heterocycles. The van der Waals surface area contributed by atoms with Gasteiger partial charge in [0.2, 0.25) is 0 Å². The number of nitrogens with one attached hydrogen (secondary N) is 3. The van der Waals surface area contributed by atoms with Crippen molar-refractivity contribution in [1.82, 2.24) is 16.0 Å². The van der Waals surface area contributed by atoms with Crippen molar-refractivity contribution in [2.24, 2.45) is 4.99 Å². The molecule has 0 radical (unpaired) electrons. The first-order valence-electron chi connectivity index (χ1n) is 9.34. The summed E-state index contributed by atoms with van der Waals surface area (Å²) in [4.78, 5) is 16.2. The Kier molecular flexibility index (Phi) is 8.78. The van der Waals surface area contributed by atoms with E-state index in [0.29, 0.717) is 37.0 Å². The average molecular weight is 386 g/mol. The summed E-state index contributed by atoms with van der Waals surface area (Å²) >= 11 is 0. The van der Waals surface area contributed by atoms with Crippen LogP contribution in [0.5, 0.6) is 5.75 Å². The van der Waals surface area contributed by atoms with Gasteiger partial charge < -0.3 is 20.7 Å². The largest absolute Gasteiger partial charge is 0.492 e. The lowest BCUT2D eigenvalue weighted by atomic mass is 10.1. The van der Waals surface area contributed by atoms with Crippen LogP contribution in [-0.2, 0) is 6.42 Å². The van der Waals surface area contributed by atoms with Gasteiger partial charge in [0.25, 0.3) is 5.91 Å². The fourth-order valence-corrected chi connectivity index (χ4v) is 2.55. The SMILES string of the molecule is CCNC(=NCCc1cccc(C(=O)NC)c1)NCCOc1cccc(F)c1. The van der Waals surface area contributed by atoms with Crippen molar-refractivity contribution in [1.29, 1.82) is 0 Å². The number of aliphatic imine (C=N–C) groups is 1. The van der Waals surface area contributed by atoms with Gasteiger partial charge >= 0.3 is 0 Å². The van der Waals surface area contributed by atoms with Crippen molar-refractivity contribution in [3.63, 3.8) is 0 Å². The highest BCUT2D eigenvalue weighted by molar-refractivity contribution is 5.94. The molecule has 0 saturated carbocycles. The summed E-state index contributed by atoms with van der Waals surface area (Å²) in [5.74, 6) is 0.770. The molecule has 2 rings (SSSR count). The monoisotopic (exact) mass is 386 g/mol. The Morgan fingerprint density at radius 1 is 1.14 bits per heavy atom. The van der Waals surface area contributed by atoms with E-state index in [1.807, 2.05) is 25.1 Å². The minimum Gasteiger partial charge on any atom is -0.492 e. The van der Waals surface area contributed by atoms with Crippen LogP contribution in [0.4, 0.5) is 4.39 Å². The molecule has 0 aliphatic carbocycles. The summed E-state index contributed by atoms with van der Waals surface area (Å²) in [6.45, 7) is 4.24. The zero-order chi connectivity index (χ0) is 20.2. The van der Waals surface area contributed by atoms with Crippen LogP contribution < -0.4 is 20.7 Å². The van der Waals surface area contributed by atoms with Crippen molar-refractivity contribution in [2.45, 2.75) is 13.3 Å². The van der Waals surface area contributed by atoms with E-state index in [1.54, 1.807) is 25.2 Å². The van der Waals surface area contributed by atoms with E-state index in [4.69, 9.17) is 4.74 Å². The van der Waals surface area contributed by atoms with Gasteiger partial charge in [-0.1, -0.05) is 18.2 Å². The van der Waals surface area contributed by atoms with Crippen molar-refractivity contribution in [2.75, 3.05) is 33.3 Å². The number of guanidine groups is 1. The van der Waals surface area contributed by atoms with Crippen molar-refractivity contribution < 1.29 is 13.9 Å². The molecule has 3 N–H and O–H groups in total.